The molecule has 17 heavy (non-hydrogen) atoms. The van der Waals surface area contributed by atoms with Gasteiger partial charge in [0.15, 0.2) is 0 Å². The molecule has 1 aromatic carbocycles. The largest absolute Gasteiger partial charge is 0.380 e. The molecular weight excluding hydrogens is 213 g/mol. The summed E-state index contributed by atoms with van der Waals surface area (Å²) < 4.78 is 13.9. The number of rotatable bonds is 2. The molecule has 1 nitrogen and oxygen atoms in total. The second-order valence-electron chi connectivity index (χ2n) is 5.58. The lowest BCUT2D eigenvalue weighted by Crippen LogP contribution is -2.33. The Morgan fingerprint density at radius 2 is 2.00 bits per heavy atom. The van der Waals surface area contributed by atoms with E-state index in [1.807, 2.05) is 25.1 Å². The molecule has 0 saturated heterocycles. The van der Waals surface area contributed by atoms with E-state index in [0.29, 0.717) is 23.2 Å². The van der Waals surface area contributed by atoms with Gasteiger partial charge in [0.1, 0.15) is 5.82 Å². The summed E-state index contributed by atoms with van der Waals surface area (Å²) in [5.41, 5.74) is 1.38. The lowest BCUT2D eigenvalue weighted by molar-refractivity contribution is 0.280. The van der Waals surface area contributed by atoms with Crippen LogP contribution < -0.4 is 5.32 Å². The third-order valence-corrected chi connectivity index (χ3v) is 3.99. The molecule has 0 radical (unpaired) electrons. The molecule has 1 saturated carbocycles. The summed E-state index contributed by atoms with van der Waals surface area (Å²) in [4.78, 5) is 0. The molecule has 94 valence electrons. The molecule has 0 spiro atoms. The predicted octanol–water partition coefficient (Wildman–Crippen LogP) is 4.37. The van der Waals surface area contributed by atoms with Crippen LogP contribution in [0.4, 0.5) is 10.1 Å². The van der Waals surface area contributed by atoms with Crippen LogP contribution >= 0.6 is 0 Å². The minimum absolute atomic E-state index is 0.0991. The zero-order chi connectivity index (χ0) is 12.4. The minimum Gasteiger partial charge on any atom is -0.380 e. The third-order valence-electron chi connectivity index (χ3n) is 3.99. The van der Waals surface area contributed by atoms with E-state index < -0.39 is 0 Å². The first kappa shape index (κ1) is 12.4. The number of anilines is 1. The first-order chi connectivity index (χ1) is 8.08. The number of benzene rings is 1. The van der Waals surface area contributed by atoms with Crippen molar-refractivity contribution in [2.45, 2.75) is 46.1 Å². The second kappa shape index (κ2) is 5.07. The zero-order valence-electron chi connectivity index (χ0n) is 11.0. The monoisotopic (exact) mass is 235 g/mol. The number of aryl methyl sites for hydroxylation is 1. The van der Waals surface area contributed by atoms with Crippen LogP contribution in [0.15, 0.2) is 18.2 Å². The van der Waals surface area contributed by atoms with Gasteiger partial charge in [-0.3, -0.25) is 0 Å². The Labute approximate surface area is 103 Å². The van der Waals surface area contributed by atoms with Crippen LogP contribution in [0, 0.1) is 24.6 Å². The molecule has 1 aromatic rings. The molecule has 3 unspecified atom stereocenters. The zero-order valence-corrected chi connectivity index (χ0v) is 11.0. The van der Waals surface area contributed by atoms with E-state index in [9.17, 15) is 4.39 Å². The summed E-state index contributed by atoms with van der Waals surface area (Å²) in [6.45, 7) is 6.36. The van der Waals surface area contributed by atoms with Gasteiger partial charge in [0.25, 0.3) is 0 Å². The van der Waals surface area contributed by atoms with Gasteiger partial charge < -0.3 is 5.32 Å². The van der Waals surface area contributed by atoms with E-state index in [2.05, 4.69) is 19.2 Å². The molecule has 1 N–H and O–H groups in total. The Kier molecular flexibility index (Phi) is 3.70. The molecule has 0 aliphatic heterocycles. The van der Waals surface area contributed by atoms with Gasteiger partial charge in [0.05, 0.1) is 5.69 Å². The molecule has 2 rings (SSSR count). The second-order valence-corrected chi connectivity index (χ2v) is 5.58. The fourth-order valence-corrected chi connectivity index (χ4v) is 2.69. The van der Waals surface area contributed by atoms with Gasteiger partial charge in [0, 0.05) is 6.04 Å². The smallest absolute Gasteiger partial charge is 0.149 e. The number of nitrogens with one attached hydrogen (secondary N) is 1. The van der Waals surface area contributed by atoms with Crippen molar-refractivity contribution in [2.75, 3.05) is 5.32 Å². The summed E-state index contributed by atoms with van der Waals surface area (Å²) in [7, 11) is 0. The van der Waals surface area contributed by atoms with Gasteiger partial charge in [-0.05, 0) is 43.2 Å². The molecule has 1 fully saturated rings. The van der Waals surface area contributed by atoms with Crippen LogP contribution in [0.1, 0.15) is 38.7 Å². The number of hydrogen-bond acceptors (Lipinski definition) is 1. The summed E-state index contributed by atoms with van der Waals surface area (Å²) in [5.74, 6) is 1.28. The molecule has 0 heterocycles. The summed E-state index contributed by atoms with van der Waals surface area (Å²) in [6, 6.07) is 5.98. The first-order valence-electron chi connectivity index (χ1n) is 6.59. The molecule has 2 heteroatoms. The third kappa shape index (κ3) is 2.80. The van der Waals surface area contributed by atoms with Gasteiger partial charge in [-0.2, -0.15) is 0 Å². The van der Waals surface area contributed by atoms with Crippen LogP contribution in [-0.4, -0.2) is 6.04 Å². The fraction of sp³-hybridized carbons (Fsp3) is 0.600. The fourth-order valence-electron chi connectivity index (χ4n) is 2.69. The Bertz CT molecular complexity index is 389. The molecular formula is C15H22FN. The van der Waals surface area contributed by atoms with Gasteiger partial charge in [0.2, 0.25) is 0 Å². The topological polar surface area (TPSA) is 12.0 Å². The molecule has 1 aliphatic carbocycles. The summed E-state index contributed by atoms with van der Waals surface area (Å²) >= 11 is 0. The maximum atomic E-state index is 13.9. The highest BCUT2D eigenvalue weighted by atomic mass is 19.1. The van der Waals surface area contributed by atoms with Crippen LogP contribution in [0.25, 0.3) is 0 Å². The van der Waals surface area contributed by atoms with Crippen LogP contribution in [0.3, 0.4) is 0 Å². The summed E-state index contributed by atoms with van der Waals surface area (Å²) in [6.07, 6.45) is 3.69. The van der Waals surface area contributed by atoms with E-state index in [0.717, 1.165) is 12.3 Å². The minimum atomic E-state index is -0.0991. The van der Waals surface area contributed by atoms with Crippen molar-refractivity contribution in [2.24, 2.45) is 11.8 Å². The molecule has 3 atom stereocenters. The molecule has 1 aliphatic rings. The predicted molar refractivity (Wildman–Crippen MR) is 70.7 cm³/mol. The van der Waals surface area contributed by atoms with Crippen molar-refractivity contribution in [1.29, 1.82) is 0 Å². The van der Waals surface area contributed by atoms with Gasteiger partial charge in [-0.15, -0.1) is 0 Å². The lowest BCUT2D eigenvalue weighted by atomic mass is 9.80. The summed E-state index contributed by atoms with van der Waals surface area (Å²) in [5, 5.41) is 3.40. The lowest BCUT2D eigenvalue weighted by Gasteiger charge is -2.34. The Morgan fingerprint density at radius 1 is 1.24 bits per heavy atom. The van der Waals surface area contributed by atoms with Crippen molar-refractivity contribution < 1.29 is 4.39 Å². The molecule has 0 bridgehead atoms. The van der Waals surface area contributed by atoms with Crippen molar-refractivity contribution in [3.63, 3.8) is 0 Å². The maximum absolute atomic E-state index is 13.9. The molecule has 0 amide bonds. The van der Waals surface area contributed by atoms with Crippen molar-refractivity contribution in [1.82, 2.24) is 0 Å². The van der Waals surface area contributed by atoms with E-state index in [1.54, 1.807) is 0 Å². The first-order valence-corrected chi connectivity index (χ1v) is 6.59. The Balaban J connectivity index is 2.11. The van der Waals surface area contributed by atoms with Crippen LogP contribution in [-0.2, 0) is 0 Å². The normalized spacial score (nSPS) is 29.1. The SMILES string of the molecule is Cc1cccc(NC2CC(C)CCC2C)c1F. The van der Waals surface area contributed by atoms with E-state index in [-0.39, 0.29) is 5.82 Å². The van der Waals surface area contributed by atoms with Crippen molar-refractivity contribution >= 4 is 5.69 Å². The van der Waals surface area contributed by atoms with E-state index in [4.69, 9.17) is 0 Å². The number of hydrogen-bond donors (Lipinski definition) is 1. The van der Waals surface area contributed by atoms with Crippen LogP contribution in [0.2, 0.25) is 0 Å². The number of halogens is 1. The average molecular weight is 235 g/mol. The highest BCUT2D eigenvalue weighted by Crippen LogP contribution is 2.31. The Morgan fingerprint density at radius 3 is 2.76 bits per heavy atom. The van der Waals surface area contributed by atoms with Crippen molar-refractivity contribution in [3.05, 3.63) is 29.6 Å². The van der Waals surface area contributed by atoms with Crippen molar-refractivity contribution in [3.8, 4) is 0 Å². The van der Waals surface area contributed by atoms with Gasteiger partial charge >= 0.3 is 0 Å². The quantitative estimate of drug-likeness (QED) is 0.802. The van der Waals surface area contributed by atoms with Gasteiger partial charge in [-0.25, -0.2) is 4.39 Å². The van der Waals surface area contributed by atoms with Gasteiger partial charge in [-0.1, -0.05) is 32.4 Å². The average Bonchev–Trinajstić information content (AvgIpc) is 2.30. The Hall–Kier alpha value is -1.05. The van der Waals surface area contributed by atoms with Crippen LogP contribution in [0.5, 0.6) is 0 Å². The van der Waals surface area contributed by atoms with E-state index in [1.165, 1.54) is 12.8 Å². The highest BCUT2D eigenvalue weighted by molar-refractivity contribution is 5.48. The van der Waals surface area contributed by atoms with E-state index >= 15 is 0 Å². The molecule has 0 aromatic heterocycles. The maximum Gasteiger partial charge on any atom is 0.149 e. The highest BCUT2D eigenvalue weighted by Gasteiger charge is 2.25. The standard InChI is InChI=1S/C15H22FN/c1-10-7-8-11(2)14(9-10)17-13-6-4-5-12(3)15(13)16/h4-6,10-11,14,17H,7-9H2,1-3H3.